The fraction of sp³-hybridized carbons (Fsp3) is 0.973. The molecule has 0 fully saturated rings. The highest BCUT2D eigenvalue weighted by molar-refractivity contribution is 5.69. The van der Waals surface area contributed by atoms with Crippen LogP contribution in [0.2, 0.25) is 0 Å². The predicted molar refractivity (Wildman–Crippen MR) is 175 cm³/mol. The second kappa shape index (κ2) is 35.5. The molecule has 0 N–H and O–H groups in total. The average Bonchev–Trinajstić information content (AvgIpc) is 2.94. The fourth-order valence-corrected chi connectivity index (χ4v) is 5.73. The van der Waals surface area contributed by atoms with Gasteiger partial charge in [-0.05, 0) is 12.8 Å². The van der Waals surface area contributed by atoms with Crippen LogP contribution < -0.4 is 0 Å². The summed E-state index contributed by atoms with van der Waals surface area (Å²) < 4.78 is 5.44. The first-order valence-electron chi connectivity index (χ1n) is 18.5. The Morgan fingerprint density at radius 3 is 0.846 bits per heavy atom. The zero-order valence-corrected chi connectivity index (χ0v) is 27.4. The summed E-state index contributed by atoms with van der Waals surface area (Å²) in [5, 5.41) is 0. The zero-order valence-electron chi connectivity index (χ0n) is 27.4. The molecule has 0 rings (SSSR count). The summed E-state index contributed by atoms with van der Waals surface area (Å²) in [5.41, 5.74) is 0. The predicted octanol–water partition coefficient (Wildman–Crippen LogP) is 13.4. The van der Waals surface area contributed by atoms with Crippen molar-refractivity contribution in [1.82, 2.24) is 0 Å². The quantitative estimate of drug-likeness (QED) is 0.0588. The molecule has 0 heterocycles. The monoisotopic (exact) mass is 551 g/mol. The first kappa shape index (κ1) is 38.5. The van der Waals surface area contributed by atoms with Gasteiger partial charge in [0.1, 0.15) is 0 Å². The molecule has 0 amide bonds. The SMILES string of the molecule is CCCCCCCCCCCCCCCCCCCCCC(=O)OCCCCCCCCCCCCCCC. The van der Waals surface area contributed by atoms with E-state index in [-0.39, 0.29) is 5.97 Å². The van der Waals surface area contributed by atoms with E-state index < -0.39 is 0 Å². The van der Waals surface area contributed by atoms with Gasteiger partial charge in [-0.3, -0.25) is 4.79 Å². The van der Waals surface area contributed by atoms with Crippen LogP contribution in [0.15, 0.2) is 0 Å². The van der Waals surface area contributed by atoms with E-state index in [0.717, 1.165) is 12.8 Å². The maximum Gasteiger partial charge on any atom is 0.305 e. The Morgan fingerprint density at radius 1 is 0.333 bits per heavy atom. The lowest BCUT2D eigenvalue weighted by atomic mass is 10.0. The van der Waals surface area contributed by atoms with Crippen molar-refractivity contribution in [3.63, 3.8) is 0 Å². The van der Waals surface area contributed by atoms with Gasteiger partial charge in [0.15, 0.2) is 0 Å². The number of hydrogen-bond acceptors (Lipinski definition) is 2. The Labute approximate surface area is 247 Å². The maximum atomic E-state index is 11.9. The molecule has 0 saturated heterocycles. The van der Waals surface area contributed by atoms with Crippen LogP contribution in [-0.4, -0.2) is 12.6 Å². The normalized spacial score (nSPS) is 11.3. The molecule has 2 heteroatoms. The molecule has 0 aromatic heterocycles. The van der Waals surface area contributed by atoms with Crippen LogP contribution in [-0.2, 0) is 9.53 Å². The van der Waals surface area contributed by atoms with Gasteiger partial charge in [-0.15, -0.1) is 0 Å². The number of esters is 1. The Balaban J connectivity index is 3.13. The van der Waals surface area contributed by atoms with Gasteiger partial charge in [0.05, 0.1) is 6.61 Å². The molecule has 0 aliphatic rings. The lowest BCUT2D eigenvalue weighted by molar-refractivity contribution is -0.143. The number of carbonyl (C=O) groups excluding carboxylic acids is 1. The van der Waals surface area contributed by atoms with Crippen LogP contribution in [0.3, 0.4) is 0 Å². The number of rotatable bonds is 34. The molecule has 0 aliphatic carbocycles. The first-order valence-corrected chi connectivity index (χ1v) is 18.5. The highest BCUT2D eigenvalue weighted by Crippen LogP contribution is 2.15. The van der Waals surface area contributed by atoms with Crippen LogP contribution in [0.4, 0.5) is 0 Å². The van der Waals surface area contributed by atoms with E-state index in [0.29, 0.717) is 13.0 Å². The van der Waals surface area contributed by atoms with Gasteiger partial charge in [-0.2, -0.15) is 0 Å². The molecule has 0 aliphatic heterocycles. The molecular formula is C37H74O2. The number of ether oxygens (including phenoxy) is 1. The van der Waals surface area contributed by atoms with Crippen molar-refractivity contribution in [2.45, 2.75) is 226 Å². The standard InChI is InChI=1S/C37H74O2/c1-3-5-7-9-11-13-15-17-18-19-20-21-22-23-25-27-29-31-33-35-37(38)39-36-34-32-30-28-26-24-16-14-12-10-8-6-4-2/h3-36H2,1-2H3. The van der Waals surface area contributed by atoms with Gasteiger partial charge in [0.25, 0.3) is 0 Å². The van der Waals surface area contributed by atoms with Gasteiger partial charge in [0, 0.05) is 6.42 Å². The summed E-state index contributed by atoms with van der Waals surface area (Å²) in [6.45, 7) is 5.22. The zero-order chi connectivity index (χ0) is 28.3. The largest absolute Gasteiger partial charge is 0.466 e. The lowest BCUT2D eigenvalue weighted by Gasteiger charge is -2.06. The van der Waals surface area contributed by atoms with Crippen molar-refractivity contribution in [2.75, 3.05) is 6.61 Å². The third-order valence-electron chi connectivity index (χ3n) is 8.50. The third-order valence-corrected chi connectivity index (χ3v) is 8.50. The Morgan fingerprint density at radius 2 is 0.564 bits per heavy atom. The summed E-state index contributed by atoms with van der Waals surface area (Å²) >= 11 is 0. The molecule has 0 atom stereocenters. The topological polar surface area (TPSA) is 26.3 Å². The second-order valence-corrected chi connectivity index (χ2v) is 12.6. The van der Waals surface area contributed by atoms with E-state index in [2.05, 4.69) is 13.8 Å². The molecular weight excluding hydrogens is 476 g/mol. The van der Waals surface area contributed by atoms with Crippen LogP contribution in [0.5, 0.6) is 0 Å². The van der Waals surface area contributed by atoms with Crippen molar-refractivity contribution in [3.05, 3.63) is 0 Å². The van der Waals surface area contributed by atoms with Crippen LogP contribution in [0, 0.1) is 0 Å². The van der Waals surface area contributed by atoms with Crippen molar-refractivity contribution in [2.24, 2.45) is 0 Å². The van der Waals surface area contributed by atoms with E-state index in [1.807, 2.05) is 0 Å². The summed E-state index contributed by atoms with van der Waals surface area (Å²) in [7, 11) is 0. The molecule has 0 aromatic carbocycles. The number of carbonyl (C=O) groups is 1. The van der Waals surface area contributed by atoms with Gasteiger partial charge in [-0.1, -0.05) is 206 Å². The van der Waals surface area contributed by atoms with Gasteiger partial charge in [-0.25, -0.2) is 0 Å². The molecule has 0 saturated carbocycles. The number of hydrogen-bond donors (Lipinski definition) is 0. The summed E-state index contributed by atoms with van der Waals surface area (Å²) in [6.07, 6.45) is 44.6. The number of unbranched alkanes of at least 4 members (excludes halogenated alkanes) is 30. The van der Waals surface area contributed by atoms with Crippen LogP contribution in [0.25, 0.3) is 0 Å². The molecule has 2 nitrogen and oxygen atoms in total. The van der Waals surface area contributed by atoms with Gasteiger partial charge < -0.3 is 4.74 Å². The van der Waals surface area contributed by atoms with Crippen LogP contribution in [0.1, 0.15) is 226 Å². The Kier molecular flexibility index (Phi) is 35.0. The fourth-order valence-electron chi connectivity index (χ4n) is 5.73. The average molecular weight is 551 g/mol. The highest BCUT2D eigenvalue weighted by Gasteiger charge is 2.03. The van der Waals surface area contributed by atoms with Crippen molar-refractivity contribution < 1.29 is 9.53 Å². The van der Waals surface area contributed by atoms with Crippen molar-refractivity contribution >= 4 is 5.97 Å². The van der Waals surface area contributed by atoms with E-state index in [1.165, 1.54) is 193 Å². The Bertz CT molecular complexity index is 447. The summed E-state index contributed by atoms with van der Waals surface area (Å²) in [5.74, 6) is 0.0286. The molecule has 0 bridgehead atoms. The Hall–Kier alpha value is -0.530. The van der Waals surface area contributed by atoms with Crippen molar-refractivity contribution in [3.8, 4) is 0 Å². The summed E-state index contributed by atoms with van der Waals surface area (Å²) in [4.78, 5) is 11.9. The van der Waals surface area contributed by atoms with Crippen molar-refractivity contribution in [1.29, 1.82) is 0 Å². The van der Waals surface area contributed by atoms with Gasteiger partial charge in [0.2, 0.25) is 0 Å². The molecule has 0 spiro atoms. The minimum absolute atomic E-state index is 0.0286. The lowest BCUT2D eigenvalue weighted by Crippen LogP contribution is -2.05. The molecule has 0 unspecified atom stereocenters. The third kappa shape index (κ3) is 35.4. The maximum absolute atomic E-state index is 11.9. The molecule has 234 valence electrons. The highest BCUT2D eigenvalue weighted by atomic mass is 16.5. The van der Waals surface area contributed by atoms with E-state index in [9.17, 15) is 4.79 Å². The molecule has 0 radical (unpaired) electrons. The smallest absolute Gasteiger partial charge is 0.305 e. The molecule has 0 aromatic rings. The minimum atomic E-state index is 0.0286. The molecule has 39 heavy (non-hydrogen) atoms. The van der Waals surface area contributed by atoms with Crippen LogP contribution >= 0.6 is 0 Å². The minimum Gasteiger partial charge on any atom is -0.466 e. The van der Waals surface area contributed by atoms with E-state index in [1.54, 1.807) is 0 Å². The summed E-state index contributed by atoms with van der Waals surface area (Å²) in [6, 6.07) is 0. The van der Waals surface area contributed by atoms with Gasteiger partial charge >= 0.3 is 5.97 Å². The van der Waals surface area contributed by atoms with E-state index >= 15 is 0 Å². The van der Waals surface area contributed by atoms with E-state index in [4.69, 9.17) is 4.74 Å². The second-order valence-electron chi connectivity index (χ2n) is 12.6. The first-order chi connectivity index (χ1) is 19.3.